The smallest absolute Gasteiger partial charge is 0.260 e. The summed E-state index contributed by atoms with van der Waals surface area (Å²) in [5.74, 6) is -0.647. The summed E-state index contributed by atoms with van der Waals surface area (Å²) in [6.07, 6.45) is 0. The van der Waals surface area contributed by atoms with Crippen molar-refractivity contribution in [2.45, 2.75) is 20.4 Å². The molecule has 0 saturated carbocycles. The lowest BCUT2D eigenvalue weighted by atomic mass is 10.1. The van der Waals surface area contributed by atoms with Crippen molar-refractivity contribution in [3.05, 3.63) is 86.7 Å². The second kappa shape index (κ2) is 8.38. The topological polar surface area (TPSA) is 59.8 Å². The van der Waals surface area contributed by atoms with Crippen molar-refractivity contribution in [2.24, 2.45) is 0 Å². The van der Waals surface area contributed by atoms with Crippen molar-refractivity contribution in [1.29, 1.82) is 0 Å². The van der Waals surface area contributed by atoms with E-state index in [0.717, 1.165) is 21.8 Å². The number of anilines is 1. The number of nitrogens with zero attached hydrogens (tertiary/aromatic N) is 3. The van der Waals surface area contributed by atoms with Crippen LogP contribution in [0.15, 0.2) is 53.9 Å². The number of rotatable bonds is 5. The summed E-state index contributed by atoms with van der Waals surface area (Å²) in [7, 11) is 0. The molecule has 2 heterocycles. The van der Waals surface area contributed by atoms with Gasteiger partial charge in [-0.25, -0.2) is 14.1 Å². The average Bonchev–Trinajstić information content (AvgIpc) is 3.27. The molecule has 1 amide bonds. The molecule has 152 valence electrons. The van der Waals surface area contributed by atoms with E-state index in [2.05, 4.69) is 15.4 Å². The molecule has 0 fully saturated rings. The molecule has 2 aromatic heterocycles. The van der Waals surface area contributed by atoms with Gasteiger partial charge in [0.1, 0.15) is 11.0 Å². The fraction of sp³-hybridized carbons (Fsp3) is 0.136. The molecule has 2 aromatic carbocycles. The van der Waals surface area contributed by atoms with Gasteiger partial charge in [0.25, 0.3) is 5.91 Å². The molecule has 0 radical (unpaired) electrons. The highest BCUT2D eigenvalue weighted by molar-refractivity contribution is 7.09. The number of hydrogen-bond donors (Lipinski definition) is 1. The van der Waals surface area contributed by atoms with Crippen LogP contribution in [-0.4, -0.2) is 20.7 Å². The quantitative estimate of drug-likeness (QED) is 0.432. The van der Waals surface area contributed by atoms with Crippen molar-refractivity contribution in [2.75, 3.05) is 5.32 Å². The van der Waals surface area contributed by atoms with Gasteiger partial charge < -0.3 is 5.32 Å². The summed E-state index contributed by atoms with van der Waals surface area (Å²) in [4.78, 5) is 17.4. The normalized spacial score (nSPS) is 10.9. The maximum Gasteiger partial charge on any atom is 0.260 e. The first kappa shape index (κ1) is 20.3. The van der Waals surface area contributed by atoms with Crippen LogP contribution < -0.4 is 5.32 Å². The van der Waals surface area contributed by atoms with Crippen LogP contribution in [0.2, 0.25) is 5.15 Å². The number of thiazole rings is 1. The molecule has 0 saturated heterocycles. The Hall–Kier alpha value is -3.03. The number of aromatic nitrogens is 3. The van der Waals surface area contributed by atoms with Crippen LogP contribution in [0, 0.1) is 19.7 Å². The molecule has 4 aromatic rings. The monoisotopic (exact) mass is 440 g/mol. The lowest BCUT2D eigenvalue weighted by Gasteiger charge is -2.07. The first-order valence-electron chi connectivity index (χ1n) is 9.22. The number of carbonyl (C=O) groups excluding carboxylic acids is 1. The Bertz CT molecular complexity index is 1220. The largest absolute Gasteiger partial charge is 0.322 e. The molecule has 30 heavy (non-hydrogen) atoms. The third-order valence-electron chi connectivity index (χ3n) is 4.57. The molecular weight excluding hydrogens is 423 g/mol. The molecule has 0 bridgehead atoms. The van der Waals surface area contributed by atoms with Gasteiger partial charge in [0.05, 0.1) is 28.5 Å². The third kappa shape index (κ3) is 4.27. The fourth-order valence-electron chi connectivity index (χ4n) is 3.12. The SMILES string of the molecule is Cc1nc(-c2cccc(NC(=O)c3c(C)nn(Cc4ccc(F)cc4)c3Cl)c2)cs1. The summed E-state index contributed by atoms with van der Waals surface area (Å²) >= 11 is 8.03. The Morgan fingerprint density at radius 2 is 1.97 bits per heavy atom. The molecule has 0 atom stereocenters. The minimum Gasteiger partial charge on any atom is -0.322 e. The number of aryl methyl sites for hydroxylation is 2. The van der Waals surface area contributed by atoms with Crippen molar-refractivity contribution < 1.29 is 9.18 Å². The number of hydrogen-bond acceptors (Lipinski definition) is 4. The minimum atomic E-state index is -0.338. The highest BCUT2D eigenvalue weighted by Gasteiger charge is 2.21. The number of carbonyl (C=O) groups is 1. The molecular formula is C22H18ClFN4OS. The van der Waals surface area contributed by atoms with Crippen LogP contribution in [0.3, 0.4) is 0 Å². The summed E-state index contributed by atoms with van der Waals surface area (Å²) in [6, 6.07) is 13.6. The van der Waals surface area contributed by atoms with Gasteiger partial charge in [-0.2, -0.15) is 5.10 Å². The highest BCUT2D eigenvalue weighted by atomic mass is 35.5. The predicted octanol–water partition coefficient (Wildman–Crippen LogP) is 5.72. The fourth-order valence-corrected chi connectivity index (χ4v) is 4.07. The Labute approximate surface area is 182 Å². The maximum atomic E-state index is 13.1. The number of halogens is 2. The van der Waals surface area contributed by atoms with Crippen LogP contribution in [0.1, 0.15) is 26.6 Å². The third-order valence-corrected chi connectivity index (χ3v) is 5.73. The first-order valence-corrected chi connectivity index (χ1v) is 10.5. The Kier molecular flexibility index (Phi) is 5.65. The second-order valence-corrected chi connectivity index (χ2v) is 8.24. The van der Waals surface area contributed by atoms with E-state index in [4.69, 9.17) is 11.6 Å². The van der Waals surface area contributed by atoms with E-state index in [9.17, 15) is 9.18 Å². The zero-order valence-electron chi connectivity index (χ0n) is 16.3. The summed E-state index contributed by atoms with van der Waals surface area (Å²) in [5, 5.41) is 10.5. The van der Waals surface area contributed by atoms with Crippen LogP contribution in [0.4, 0.5) is 10.1 Å². The van der Waals surface area contributed by atoms with E-state index >= 15 is 0 Å². The van der Waals surface area contributed by atoms with E-state index in [1.807, 2.05) is 36.6 Å². The Morgan fingerprint density at radius 1 is 1.20 bits per heavy atom. The molecule has 0 aliphatic rings. The van der Waals surface area contributed by atoms with Crippen molar-refractivity contribution in [3.63, 3.8) is 0 Å². The molecule has 0 aliphatic heterocycles. The molecule has 0 spiro atoms. The van der Waals surface area contributed by atoms with Crippen molar-refractivity contribution in [3.8, 4) is 11.3 Å². The zero-order chi connectivity index (χ0) is 21.3. The highest BCUT2D eigenvalue weighted by Crippen LogP contribution is 2.26. The van der Waals surface area contributed by atoms with Gasteiger partial charge >= 0.3 is 0 Å². The zero-order valence-corrected chi connectivity index (χ0v) is 17.9. The van der Waals surface area contributed by atoms with Gasteiger partial charge in [0, 0.05) is 16.6 Å². The van der Waals surface area contributed by atoms with Crippen molar-refractivity contribution in [1.82, 2.24) is 14.8 Å². The number of amides is 1. The van der Waals surface area contributed by atoms with Gasteiger partial charge in [-0.1, -0.05) is 35.9 Å². The lowest BCUT2D eigenvalue weighted by Crippen LogP contribution is -2.13. The van der Waals surface area contributed by atoms with E-state index < -0.39 is 0 Å². The number of benzene rings is 2. The number of nitrogens with one attached hydrogen (secondary N) is 1. The van der Waals surface area contributed by atoms with Crippen LogP contribution >= 0.6 is 22.9 Å². The van der Waals surface area contributed by atoms with Crippen LogP contribution in [0.5, 0.6) is 0 Å². The van der Waals surface area contributed by atoms with Gasteiger partial charge in [0.2, 0.25) is 0 Å². The molecule has 5 nitrogen and oxygen atoms in total. The molecule has 1 N–H and O–H groups in total. The second-order valence-electron chi connectivity index (χ2n) is 6.82. The van der Waals surface area contributed by atoms with Gasteiger partial charge in [-0.05, 0) is 43.7 Å². The summed E-state index contributed by atoms with van der Waals surface area (Å²) in [5.41, 5.74) is 4.10. The summed E-state index contributed by atoms with van der Waals surface area (Å²) < 4.78 is 14.7. The van der Waals surface area contributed by atoms with E-state index in [1.54, 1.807) is 30.4 Å². The Balaban J connectivity index is 1.55. The van der Waals surface area contributed by atoms with Gasteiger partial charge in [-0.15, -0.1) is 11.3 Å². The average molecular weight is 441 g/mol. The van der Waals surface area contributed by atoms with Crippen molar-refractivity contribution >= 4 is 34.5 Å². The van der Waals surface area contributed by atoms with E-state index in [1.165, 1.54) is 16.8 Å². The minimum absolute atomic E-state index is 0.237. The van der Waals surface area contributed by atoms with E-state index in [0.29, 0.717) is 23.5 Å². The standard InChI is InChI=1S/C22H18ClFN4OS/c1-13-20(21(23)28(27-13)11-15-6-8-17(24)9-7-15)22(29)26-18-5-3-4-16(10-18)19-12-30-14(2)25-19/h3-10,12H,11H2,1-2H3,(H,26,29). The Morgan fingerprint density at radius 3 is 2.67 bits per heavy atom. The molecule has 0 aliphatic carbocycles. The van der Waals surface area contributed by atoms with Gasteiger partial charge in [0.15, 0.2) is 0 Å². The predicted molar refractivity (Wildman–Crippen MR) is 118 cm³/mol. The maximum absolute atomic E-state index is 13.1. The summed E-state index contributed by atoms with van der Waals surface area (Å²) in [6.45, 7) is 4.02. The van der Waals surface area contributed by atoms with E-state index in [-0.39, 0.29) is 16.9 Å². The molecule has 0 unspecified atom stereocenters. The molecule has 4 rings (SSSR count). The van der Waals surface area contributed by atoms with Crippen LogP contribution in [-0.2, 0) is 6.54 Å². The molecule has 8 heteroatoms. The lowest BCUT2D eigenvalue weighted by molar-refractivity contribution is 0.102. The van der Waals surface area contributed by atoms with Crippen LogP contribution in [0.25, 0.3) is 11.3 Å². The first-order chi connectivity index (χ1) is 14.4. The van der Waals surface area contributed by atoms with Gasteiger partial charge in [-0.3, -0.25) is 4.79 Å².